The first kappa shape index (κ1) is 63.2. The zero-order valence-electron chi connectivity index (χ0n) is 46.5. The quantitative estimate of drug-likeness (QED) is 0.0355. The van der Waals surface area contributed by atoms with E-state index in [0.717, 1.165) is 36.4 Å². The van der Waals surface area contributed by atoms with Gasteiger partial charge in [-0.3, -0.25) is 0 Å². The monoisotopic (exact) mass is 1320 g/mol. The largest absolute Gasteiger partial charge is 0.508 e. The van der Waals surface area contributed by atoms with Gasteiger partial charge >= 0.3 is 0 Å². The summed E-state index contributed by atoms with van der Waals surface area (Å²) in [5, 5.41) is 275. The van der Waals surface area contributed by atoms with Gasteiger partial charge in [0.05, 0.1) is 0 Å². The van der Waals surface area contributed by atoms with Crippen molar-refractivity contribution >= 4 is 0 Å². The molecule has 35 nitrogen and oxygen atoms in total. The van der Waals surface area contributed by atoms with E-state index < -0.39 is 253 Å². The highest BCUT2D eigenvalue weighted by atomic mass is 16.6. The molecule has 26 N–H and O–H groups in total. The lowest BCUT2D eigenvalue weighted by Gasteiger charge is -2.19. The molecular weight excluding hydrogens is 1280 g/mol. The Morgan fingerprint density at radius 3 is 0.505 bits per heavy atom. The van der Waals surface area contributed by atoms with Crippen LogP contribution < -0.4 is 42.6 Å². The van der Waals surface area contributed by atoms with E-state index >= 15 is 0 Å². The Labute approximate surface area is 524 Å². The van der Waals surface area contributed by atoms with Crippen LogP contribution in [0.15, 0.2) is 97.1 Å². The third-order valence-corrected chi connectivity index (χ3v) is 12.8. The summed E-state index contributed by atoms with van der Waals surface area (Å²) in [7, 11) is 0. The van der Waals surface area contributed by atoms with Crippen LogP contribution in [0.25, 0.3) is 0 Å². The molecule has 0 spiro atoms. The number of phenolic OH excluding ortho intramolecular Hbond substituents is 26. The van der Waals surface area contributed by atoms with Crippen LogP contribution in [0.2, 0.25) is 0 Å². The van der Waals surface area contributed by atoms with Gasteiger partial charge in [-0.05, 0) is 0 Å². The third-order valence-electron chi connectivity index (χ3n) is 12.8. The summed E-state index contributed by atoms with van der Waals surface area (Å²) in [5.41, 5.74) is 0. The minimum atomic E-state index is -1.34. The highest BCUT2D eigenvalue weighted by Gasteiger charge is 2.31. The predicted octanol–water partition coefficient (Wildman–Crippen LogP) is 10.2. The maximum absolute atomic E-state index is 11.2. The van der Waals surface area contributed by atoms with E-state index in [1.807, 2.05) is 0 Å². The molecule has 0 aliphatic rings. The Kier molecular flexibility index (Phi) is 15.9. The molecule has 10 rings (SSSR count). The van der Waals surface area contributed by atoms with Crippen molar-refractivity contribution in [1.29, 1.82) is 0 Å². The van der Waals surface area contributed by atoms with Crippen molar-refractivity contribution in [2.24, 2.45) is 0 Å². The maximum Gasteiger partial charge on any atom is 0.215 e. The molecule has 0 aliphatic heterocycles. The minimum absolute atomic E-state index is 0.441. The lowest BCUT2D eigenvalue weighted by Crippen LogP contribution is -1.96. The first-order valence-electron chi connectivity index (χ1n) is 25.7. The van der Waals surface area contributed by atoms with E-state index in [1.165, 1.54) is 0 Å². The summed E-state index contributed by atoms with van der Waals surface area (Å²) in [4.78, 5) is 0. The molecule has 0 atom stereocenters. The van der Waals surface area contributed by atoms with Crippen molar-refractivity contribution in [3.05, 3.63) is 97.1 Å². The second kappa shape index (κ2) is 24.0. The average molecular weight is 1320 g/mol. The number of phenols is 26. The molecule has 0 saturated heterocycles. The van der Waals surface area contributed by atoms with Crippen molar-refractivity contribution in [3.8, 4) is 253 Å². The Morgan fingerprint density at radius 2 is 0.295 bits per heavy atom. The lowest BCUT2D eigenvalue weighted by molar-refractivity contribution is 0.317. The van der Waals surface area contributed by atoms with E-state index in [2.05, 4.69) is 0 Å². The van der Waals surface area contributed by atoms with Gasteiger partial charge in [0.2, 0.25) is 103 Å². The number of rotatable bonds is 18. The summed E-state index contributed by atoms with van der Waals surface area (Å²) < 4.78 is 49.7. The normalized spacial score (nSPS) is 11.0. The zero-order valence-corrected chi connectivity index (χ0v) is 46.5. The van der Waals surface area contributed by atoms with Gasteiger partial charge in [-0.2, -0.15) is 0 Å². The molecular formula is C60H42O35. The molecule has 0 aromatic heterocycles. The smallest absolute Gasteiger partial charge is 0.215 e. The fourth-order valence-corrected chi connectivity index (χ4v) is 8.42. The predicted molar refractivity (Wildman–Crippen MR) is 308 cm³/mol. The van der Waals surface area contributed by atoms with Gasteiger partial charge in [0, 0.05) is 97.1 Å². The first-order valence-corrected chi connectivity index (χ1v) is 25.7. The van der Waals surface area contributed by atoms with Crippen LogP contribution in [-0.4, -0.2) is 133 Å². The van der Waals surface area contributed by atoms with Gasteiger partial charge in [0.1, 0.15) is 34.5 Å². The van der Waals surface area contributed by atoms with Crippen molar-refractivity contribution in [2.45, 2.75) is 0 Å². The van der Waals surface area contributed by atoms with Crippen LogP contribution in [0.3, 0.4) is 0 Å². The molecule has 95 heavy (non-hydrogen) atoms. The Morgan fingerprint density at radius 1 is 0.137 bits per heavy atom. The Bertz CT molecular complexity index is 4660. The third kappa shape index (κ3) is 12.1. The SMILES string of the molecule is Oc1cc(O)c(Oc2cc(O)c(Oc3cc(O)c(O)c(O)c3Oc3cc(O)c(Oc4cc(O)c(O)c(O)c4Oc4cc(O)c(Oc5cc(O)c(O)c(O)c5Oc5cc(O)c(Oc6cc(O)c(O)c(O)c6Oc6cc(O)c(O)c(O)c6)c(O)c5)c(O)c4)c(O)c3)c(O)c2)c(O)c1. The van der Waals surface area contributed by atoms with Crippen molar-refractivity contribution in [3.63, 3.8) is 0 Å². The number of hydrogen-bond donors (Lipinski definition) is 26. The molecule has 0 amide bonds. The first-order chi connectivity index (χ1) is 44.8. The summed E-state index contributed by atoms with van der Waals surface area (Å²) in [5.74, 6) is -42.4. The van der Waals surface area contributed by atoms with Gasteiger partial charge in [0.15, 0.2) is 115 Å². The second-order valence-corrected chi connectivity index (χ2v) is 19.4. The zero-order chi connectivity index (χ0) is 69.1. The van der Waals surface area contributed by atoms with Crippen molar-refractivity contribution < 1.29 is 175 Å². The molecule has 0 fully saturated rings. The molecule has 492 valence electrons. The van der Waals surface area contributed by atoms with Crippen LogP contribution in [0.5, 0.6) is 253 Å². The summed E-state index contributed by atoms with van der Waals surface area (Å²) in [6.07, 6.45) is 0. The van der Waals surface area contributed by atoms with Crippen LogP contribution >= 0.6 is 0 Å². The molecule has 0 bridgehead atoms. The number of benzene rings is 10. The van der Waals surface area contributed by atoms with Crippen LogP contribution in [0.4, 0.5) is 0 Å². The Balaban J connectivity index is 0.889. The van der Waals surface area contributed by atoms with Gasteiger partial charge in [-0.1, -0.05) is 0 Å². The molecule has 0 aliphatic carbocycles. The molecule has 10 aromatic carbocycles. The molecule has 0 heterocycles. The molecule has 0 radical (unpaired) electrons. The number of hydrogen-bond acceptors (Lipinski definition) is 35. The van der Waals surface area contributed by atoms with Crippen molar-refractivity contribution in [2.75, 3.05) is 0 Å². The van der Waals surface area contributed by atoms with Crippen LogP contribution in [-0.2, 0) is 0 Å². The summed E-state index contributed by atoms with van der Waals surface area (Å²) in [6, 6.07) is 10.9. The standard InChI is InChI=1S/C60H42O35/c61-17-1-29(68)52(30(69)2-17)87-19-5-31(70)53(32(71)6-19)93-40-14-26(65)45(80)49(84)58(40)89-21-9-35(74)55(36(75)10-21)95-42-16-28(67)47(82)51(86)60(42)91-22-11-37(76)56(38(77)12-22)94-41-15-27(66)46(81)50(85)59(41)90-20-7-33(72)54(34(73)8-20)92-39-13-25(64)44(79)48(83)57(39)88-18-3-23(62)43(78)24(63)4-18/h1-16,61-86H. The van der Waals surface area contributed by atoms with Gasteiger partial charge in [-0.25, -0.2) is 0 Å². The topological polar surface area (TPSA) is 609 Å². The molecule has 0 saturated carbocycles. The van der Waals surface area contributed by atoms with Gasteiger partial charge < -0.3 is 175 Å². The fraction of sp³-hybridized carbons (Fsp3) is 0. The molecule has 35 heteroatoms. The number of ether oxygens (including phenoxy) is 9. The summed E-state index contributed by atoms with van der Waals surface area (Å²) in [6.45, 7) is 0. The van der Waals surface area contributed by atoms with Gasteiger partial charge in [0.25, 0.3) is 0 Å². The van der Waals surface area contributed by atoms with E-state index in [1.54, 1.807) is 0 Å². The highest BCUT2D eigenvalue weighted by Crippen LogP contribution is 2.60. The van der Waals surface area contributed by atoms with Crippen LogP contribution in [0, 0.1) is 0 Å². The van der Waals surface area contributed by atoms with E-state index in [4.69, 9.17) is 42.6 Å². The molecule has 10 aromatic rings. The second-order valence-electron chi connectivity index (χ2n) is 19.4. The van der Waals surface area contributed by atoms with Crippen molar-refractivity contribution in [1.82, 2.24) is 0 Å². The Hall–Kier alpha value is -14.8. The maximum atomic E-state index is 11.2. The van der Waals surface area contributed by atoms with E-state index in [-0.39, 0.29) is 0 Å². The summed E-state index contributed by atoms with van der Waals surface area (Å²) >= 11 is 0. The van der Waals surface area contributed by atoms with E-state index in [9.17, 15) is 133 Å². The highest BCUT2D eigenvalue weighted by molar-refractivity contribution is 5.73. The lowest BCUT2D eigenvalue weighted by atomic mass is 10.2. The fourth-order valence-electron chi connectivity index (χ4n) is 8.42. The van der Waals surface area contributed by atoms with E-state index in [0.29, 0.717) is 60.7 Å². The molecule has 0 unspecified atom stereocenters. The average Bonchev–Trinajstić information content (AvgIpc) is 0.797. The number of aromatic hydroxyl groups is 26. The minimum Gasteiger partial charge on any atom is -0.508 e. The van der Waals surface area contributed by atoms with Gasteiger partial charge in [-0.15, -0.1) is 0 Å². The van der Waals surface area contributed by atoms with Crippen LogP contribution in [0.1, 0.15) is 0 Å².